The number of nitrogens with zero attached hydrogens (tertiary/aromatic N) is 2. The third kappa shape index (κ3) is 3.52. The van der Waals surface area contributed by atoms with Gasteiger partial charge in [0.15, 0.2) is 12.4 Å². The fraction of sp³-hybridized carbons (Fsp3) is 0.200. The van der Waals surface area contributed by atoms with E-state index in [-0.39, 0.29) is 35.3 Å². The van der Waals surface area contributed by atoms with E-state index in [0.717, 1.165) is 11.3 Å². The number of amides is 1. The average molecular weight is 433 g/mol. The molecule has 0 radical (unpaired) electrons. The molecule has 3 nitrogen and oxygen atoms in total. The summed E-state index contributed by atoms with van der Waals surface area (Å²) in [4.78, 5) is 14.0. The van der Waals surface area contributed by atoms with Gasteiger partial charge in [-0.3, -0.25) is 9.69 Å². The molecule has 1 aromatic heterocycles. The highest BCUT2D eigenvalue weighted by molar-refractivity contribution is 8.00. The number of pyridine rings is 1. The predicted octanol–water partition coefficient (Wildman–Crippen LogP) is -0.0529. The van der Waals surface area contributed by atoms with Gasteiger partial charge in [0, 0.05) is 22.3 Å². The van der Waals surface area contributed by atoms with Crippen LogP contribution < -0.4 is 33.4 Å². The van der Waals surface area contributed by atoms with Crippen LogP contribution in [0.1, 0.15) is 10.9 Å². The van der Waals surface area contributed by atoms with Gasteiger partial charge in [-0.05, 0) is 30.3 Å². The number of anilines is 1. The van der Waals surface area contributed by atoms with Crippen LogP contribution in [-0.4, -0.2) is 11.7 Å². The van der Waals surface area contributed by atoms with Gasteiger partial charge in [0.25, 0.3) is 0 Å². The van der Waals surface area contributed by atoms with Gasteiger partial charge in [-0.25, -0.2) is 4.57 Å². The van der Waals surface area contributed by atoms with E-state index in [4.69, 9.17) is 11.6 Å². The molecule has 2 heterocycles. The second kappa shape index (κ2) is 6.98. The number of aryl methyl sites for hydroxylation is 1. The van der Waals surface area contributed by atoms with E-state index >= 15 is 0 Å². The molecule has 1 aliphatic heterocycles. The van der Waals surface area contributed by atoms with Crippen molar-refractivity contribution >= 4 is 35.0 Å². The van der Waals surface area contributed by atoms with E-state index in [0.29, 0.717) is 10.8 Å². The van der Waals surface area contributed by atoms with Crippen LogP contribution in [0.2, 0.25) is 5.02 Å². The molecule has 1 atom stereocenters. The van der Waals surface area contributed by atoms with Gasteiger partial charge < -0.3 is 24.0 Å². The van der Waals surface area contributed by atoms with E-state index < -0.39 is 0 Å². The van der Waals surface area contributed by atoms with E-state index in [9.17, 15) is 4.79 Å². The van der Waals surface area contributed by atoms with Crippen molar-refractivity contribution in [3.8, 4) is 0 Å². The molecule has 3 rings (SSSR count). The molecule has 0 aliphatic carbocycles. The van der Waals surface area contributed by atoms with Crippen LogP contribution >= 0.6 is 23.4 Å². The Balaban J connectivity index is 0.00000161. The molecule has 1 fully saturated rings. The smallest absolute Gasteiger partial charge is 0.238 e. The Labute approximate surface area is 150 Å². The predicted molar refractivity (Wildman–Crippen MR) is 81.8 cm³/mol. The molecule has 21 heavy (non-hydrogen) atoms. The number of rotatable bonds is 2. The largest absolute Gasteiger partial charge is 1.00 e. The van der Waals surface area contributed by atoms with Gasteiger partial charge in [-0.15, -0.1) is 11.8 Å². The summed E-state index contributed by atoms with van der Waals surface area (Å²) in [6.45, 7) is 0. The monoisotopic (exact) mass is 432 g/mol. The normalized spacial score (nSPS) is 17.7. The molecule has 110 valence electrons. The number of aromatic nitrogens is 1. The van der Waals surface area contributed by atoms with Crippen LogP contribution in [0, 0.1) is 0 Å². The third-order valence-corrected chi connectivity index (χ3v) is 4.68. The van der Waals surface area contributed by atoms with Crippen molar-refractivity contribution in [2.45, 2.75) is 5.37 Å². The van der Waals surface area contributed by atoms with Gasteiger partial charge >= 0.3 is 0 Å². The van der Waals surface area contributed by atoms with Crippen molar-refractivity contribution < 1.29 is 33.3 Å². The summed E-state index contributed by atoms with van der Waals surface area (Å²) in [5.41, 5.74) is 2.02. The maximum absolute atomic E-state index is 12.2. The number of halogens is 2. The lowest BCUT2D eigenvalue weighted by Crippen LogP contribution is -3.00. The van der Waals surface area contributed by atoms with Crippen LogP contribution in [0.15, 0.2) is 48.8 Å². The van der Waals surface area contributed by atoms with Gasteiger partial charge in [0.1, 0.15) is 12.4 Å². The summed E-state index contributed by atoms with van der Waals surface area (Å²) >= 11 is 7.57. The maximum Gasteiger partial charge on any atom is 0.238 e. The number of carbonyl (C=O) groups is 1. The topological polar surface area (TPSA) is 24.2 Å². The Bertz CT molecular complexity index is 650. The number of hydrogen-bond donors (Lipinski definition) is 0. The lowest BCUT2D eigenvalue weighted by atomic mass is 10.2. The SMILES string of the molecule is C[n+]1cccc(C2SCC(=O)N2c2ccc(Cl)cc2)c1.[I-]. The zero-order valence-electron chi connectivity index (χ0n) is 11.4. The summed E-state index contributed by atoms with van der Waals surface area (Å²) in [5.74, 6) is 0.639. The second-order valence-electron chi connectivity index (χ2n) is 4.71. The number of carbonyl (C=O) groups excluding carboxylic acids is 1. The molecule has 2 aromatic rings. The zero-order chi connectivity index (χ0) is 14.1. The first-order chi connectivity index (χ1) is 9.65. The van der Waals surface area contributed by atoms with Crippen molar-refractivity contribution in [2.75, 3.05) is 10.7 Å². The van der Waals surface area contributed by atoms with Crippen molar-refractivity contribution in [1.29, 1.82) is 0 Å². The molecular formula is C15H14ClIN2OS. The Morgan fingerprint density at radius 3 is 2.67 bits per heavy atom. The Morgan fingerprint density at radius 1 is 1.29 bits per heavy atom. The van der Waals surface area contributed by atoms with Crippen LogP contribution in [0.4, 0.5) is 5.69 Å². The van der Waals surface area contributed by atoms with Crippen LogP contribution in [0.25, 0.3) is 0 Å². The molecule has 0 spiro atoms. The molecule has 0 saturated carbocycles. The third-order valence-electron chi connectivity index (χ3n) is 3.22. The summed E-state index contributed by atoms with van der Waals surface area (Å²) in [7, 11) is 1.98. The van der Waals surface area contributed by atoms with E-state index in [2.05, 4.69) is 12.3 Å². The van der Waals surface area contributed by atoms with E-state index in [1.165, 1.54) is 0 Å². The Kier molecular flexibility index (Phi) is 5.51. The van der Waals surface area contributed by atoms with Gasteiger partial charge in [0.05, 0.1) is 5.75 Å². The molecule has 0 bridgehead atoms. The fourth-order valence-electron chi connectivity index (χ4n) is 2.31. The van der Waals surface area contributed by atoms with Gasteiger partial charge in [0.2, 0.25) is 5.91 Å². The van der Waals surface area contributed by atoms with Crippen LogP contribution in [0.3, 0.4) is 0 Å². The first-order valence-electron chi connectivity index (χ1n) is 6.29. The number of thioether (sulfide) groups is 1. The highest BCUT2D eigenvalue weighted by Gasteiger charge is 2.35. The van der Waals surface area contributed by atoms with E-state index in [1.807, 2.05) is 53.0 Å². The molecule has 1 amide bonds. The van der Waals surface area contributed by atoms with E-state index in [1.54, 1.807) is 11.8 Å². The van der Waals surface area contributed by atoms with Crippen LogP contribution in [0.5, 0.6) is 0 Å². The number of benzene rings is 1. The first-order valence-corrected chi connectivity index (χ1v) is 7.72. The molecule has 6 heteroatoms. The molecule has 1 aromatic carbocycles. The van der Waals surface area contributed by atoms with Crippen LogP contribution in [-0.2, 0) is 11.8 Å². The van der Waals surface area contributed by atoms with Gasteiger partial charge in [-0.1, -0.05) is 11.6 Å². The second-order valence-corrected chi connectivity index (χ2v) is 6.21. The highest BCUT2D eigenvalue weighted by Crippen LogP contribution is 2.41. The summed E-state index contributed by atoms with van der Waals surface area (Å²) in [5, 5.41) is 0.701. The standard InChI is InChI=1S/C15H14ClN2OS.HI/c1-17-8-2-3-11(9-17)15-18(14(19)10-20-15)13-6-4-12(16)5-7-13;/h2-9,15H,10H2,1H3;1H/q+1;/p-1. The van der Waals surface area contributed by atoms with Crippen molar-refractivity contribution in [1.82, 2.24) is 0 Å². The van der Waals surface area contributed by atoms with Gasteiger partial charge in [-0.2, -0.15) is 0 Å². The lowest BCUT2D eigenvalue weighted by Gasteiger charge is -2.23. The molecule has 0 N–H and O–H groups in total. The minimum atomic E-state index is 0. The van der Waals surface area contributed by atoms with Crippen molar-refractivity contribution in [3.63, 3.8) is 0 Å². The lowest BCUT2D eigenvalue weighted by molar-refractivity contribution is -0.671. The summed E-state index contributed by atoms with van der Waals surface area (Å²) < 4.78 is 2.00. The molecule has 1 aliphatic rings. The summed E-state index contributed by atoms with van der Waals surface area (Å²) in [6, 6.07) is 11.5. The average Bonchev–Trinajstić information content (AvgIpc) is 2.82. The number of hydrogen-bond acceptors (Lipinski definition) is 2. The fourth-order valence-corrected chi connectivity index (χ4v) is 3.59. The quantitative estimate of drug-likeness (QED) is 0.491. The maximum atomic E-state index is 12.2. The van der Waals surface area contributed by atoms with Crippen molar-refractivity contribution in [2.24, 2.45) is 7.05 Å². The zero-order valence-corrected chi connectivity index (χ0v) is 15.1. The molecule has 1 saturated heterocycles. The van der Waals surface area contributed by atoms with Crippen molar-refractivity contribution in [3.05, 3.63) is 59.4 Å². The molecular weight excluding hydrogens is 419 g/mol. The summed E-state index contributed by atoms with van der Waals surface area (Å²) in [6.07, 6.45) is 4.04. The minimum Gasteiger partial charge on any atom is -1.00 e. The minimum absolute atomic E-state index is 0. The first kappa shape index (κ1) is 16.6. The highest BCUT2D eigenvalue weighted by atomic mass is 127. The Morgan fingerprint density at radius 2 is 2.00 bits per heavy atom. The Hall–Kier alpha value is -0.790. The molecule has 1 unspecified atom stereocenters.